The van der Waals surface area contributed by atoms with Crippen LogP contribution < -0.4 is 5.32 Å². The number of aryl methyl sites for hydroxylation is 2. The van der Waals surface area contributed by atoms with Crippen molar-refractivity contribution in [2.24, 2.45) is 0 Å². The summed E-state index contributed by atoms with van der Waals surface area (Å²) in [6, 6.07) is 5.91. The predicted molar refractivity (Wildman–Crippen MR) is 54.1 cm³/mol. The lowest BCUT2D eigenvalue weighted by Crippen LogP contribution is -2.22. The fourth-order valence-electron chi connectivity index (χ4n) is 1.14. The van der Waals surface area contributed by atoms with Crippen molar-refractivity contribution in [2.75, 3.05) is 6.00 Å². The van der Waals surface area contributed by atoms with E-state index in [1.807, 2.05) is 32.0 Å². The van der Waals surface area contributed by atoms with Gasteiger partial charge in [0.15, 0.2) is 0 Å². The van der Waals surface area contributed by atoms with Crippen LogP contribution >= 0.6 is 11.6 Å². The van der Waals surface area contributed by atoms with Gasteiger partial charge in [0.1, 0.15) is 0 Å². The Morgan fingerprint density at radius 1 is 1.46 bits per heavy atom. The van der Waals surface area contributed by atoms with E-state index in [0.717, 1.165) is 11.1 Å². The lowest BCUT2D eigenvalue weighted by atomic mass is 10.1. The second kappa shape index (κ2) is 4.28. The second-order valence-corrected chi connectivity index (χ2v) is 3.23. The highest BCUT2D eigenvalue weighted by molar-refractivity contribution is 6.19. The minimum Gasteiger partial charge on any atom is -0.339 e. The van der Waals surface area contributed by atoms with Crippen molar-refractivity contribution >= 4 is 17.5 Å². The van der Waals surface area contributed by atoms with Gasteiger partial charge in [-0.15, -0.1) is 11.6 Å². The number of carbonyl (C=O) groups is 1. The van der Waals surface area contributed by atoms with Crippen molar-refractivity contribution < 1.29 is 4.79 Å². The number of carbonyl (C=O) groups excluding carboxylic acids is 1. The van der Waals surface area contributed by atoms with Crippen LogP contribution in [-0.4, -0.2) is 11.9 Å². The van der Waals surface area contributed by atoms with E-state index < -0.39 is 0 Å². The number of alkyl halides is 1. The summed E-state index contributed by atoms with van der Waals surface area (Å²) in [5.41, 5.74) is 2.74. The fraction of sp³-hybridized carbons (Fsp3) is 0.300. The Kier molecular flexibility index (Phi) is 3.32. The molecular formula is C10H12ClNO. The minimum absolute atomic E-state index is 0.115. The van der Waals surface area contributed by atoms with Crippen LogP contribution in [0.3, 0.4) is 0 Å². The maximum absolute atomic E-state index is 11.4. The zero-order valence-corrected chi connectivity index (χ0v) is 8.48. The van der Waals surface area contributed by atoms with Crippen LogP contribution in [0, 0.1) is 13.8 Å². The summed E-state index contributed by atoms with van der Waals surface area (Å²) in [7, 11) is 0. The van der Waals surface area contributed by atoms with E-state index in [2.05, 4.69) is 5.32 Å². The molecule has 2 nitrogen and oxygen atoms in total. The monoisotopic (exact) mass is 197 g/mol. The van der Waals surface area contributed by atoms with E-state index in [1.54, 1.807) is 0 Å². The number of hydrogen-bond donors (Lipinski definition) is 1. The van der Waals surface area contributed by atoms with Crippen LogP contribution in [0.4, 0.5) is 0 Å². The summed E-state index contributed by atoms with van der Waals surface area (Å²) in [4.78, 5) is 11.4. The van der Waals surface area contributed by atoms with E-state index in [9.17, 15) is 4.79 Å². The van der Waals surface area contributed by atoms with Gasteiger partial charge < -0.3 is 5.32 Å². The second-order valence-electron chi connectivity index (χ2n) is 2.96. The molecule has 0 aliphatic carbocycles. The Morgan fingerprint density at radius 3 is 2.77 bits per heavy atom. The summed E-state index contributed by atoms with van der Waals surface area (Å²) in [5.74, 6) is -0.115. The molecule has 0 fully saturated rings. The molecule has 1 rings (SSSR count). The largest absolute Gasteiger partial charge is 0.339 e. The van der Waals surface area contributed by atoms with Crippen LogP contribution in [0.15, 0.2) is 18.2 Å². The molecule has 1 aromatic carbocycles. The van der Waals surface area contributed by atoms with Crippen molar-refractivity contribution in [3.63, 3.8) is 0 Å². The highest BCUT2D eigenvalue weighted by atomic mass is 35.5. The molecule has 0 spiro atoms. The van der Waals surface area contributed by atoms with E-state index in [0.29, 0.717) is 5.56 Å². The van der Waals surface area contributed by atoms with Crippen LogP contribution in [0.25, 0.3) is 0 Å². The third-order valence-corrected chi connectivity index (χ3v) is 2.00. The van der Waals surface area contributed by atoms with Crippen LogP contribution in [0.5, 0.6) is 0 Å². The molecular weight excluding hydrogens is 186 g/mol. The molecule has 0 heterocycles. The summed E-state index contributed by atoms with van der Waals surface area (Å²) >= 11 is 5.41. The summed E-state index contributed by atoms with van der Waals surface area (Å²) < 4.78 is 0. The number of amides is 1. The number of halogens is 1. The number of nitrogens with one attached hydrogen (secondary N) is 1. The van der Waals surface area contributed by atoms with Gasteiger partial charge in [-0.1, -0.05) is 17.7 Å². The molecule has 0 saturated heterocycles. The van der Waals surface area contributed by atoms with Crippen LogP contribution in [-0.2, 0) is 0 Å². The summed E-state index contributed by atoms with van der Waals surface area (Å²) in [6.45, 7) is 3.86. The van der Waals surface area contributed by atoms with E-state index >= 15 is 0 Å². The molecule has 0 aliphatic heterocycles. The first-order chi connectivity index (χ1) is 6.15. The average Bonchev–Trinajstić information content (AvgIpc) is 2.09. The Labute approximate surface area is 82.9 Å². The normalized spacial score (nSPS) is 9.77. The topological polar surface area (TPSA) is 29.1 Å². The average molecular weight is 198 g/mol. The standard InChI is InChI=1S/C10H12ClNO/c1-7-3-4-8(2)9(5-7)10(13)12-6-11/h3-5H,6H2,1-2H3,(H,12,13). The predicted octanol–water partition coefficient (Wildman–Crippen LogP) is 2.23. The maximum atomic E-state index is 11.4. The van der Waals surface area contributed by atoms with Crippen LogP contribution in [0.1, 0.15) is 21.5 Å². The highest BCUT2D eigenvalue weighted by Gasteiger charge is 2.07. The SMILES string of the molecule is Cc1ccc(C)c(C(=O)NCCl)c1. The summed E-state index contributed by atoms with van der Waals surface area (Å²) in [6.07, 6.45) is 0. The number of hydrogen-bond acceptors (Lipinski definition) is 1. The molecule has 70 valence electrons. The fourth-order valence-corrected chi connectivity index (χ4v) is 1.26. The van der Waals surface area contributed by atoms with Crippen LogP contribution in [0.2, 0.25) is 0 Å². The molecule has 1 amide bonds. The zero-order valence-electron chi connectivity index (χ0n) is 7.73. The van der Waals surface area contributed by atoms with Crippen molar-refractivity contribution in [3.05, 3.63) is 34.9 Å². The molecule has 13 heavy (non-hydrogen) atoms. The van der Waals surface area contributed by atoms with Gasteiger partial charge >= 0.3 is 0 Å². The van der Waals surface area contributed by atoms with Gasteiger partial charge in [0.2, 0.25) is 0 Å². The van der Waals surface area contributed by atoms with E-state index in [-0.39, 0.29) is 11.9 Å². The van der Waals surface area contributed by atoms with Gasteiger partial charge in [0, 0.05) is 5.56 Å². The molecule has 0 atom stereocenters. The van der Waals surface area contributed by atoms with Gasteiger partial charge in [-0.05, 0) is 25.5 Å². The van der Waals surface area contributed by atoms with E-state index in [1.165, 1.54) is 0 Å². The third-order valence-electron chi connectivity index (χ3n) is 1.87. The van der Waals surface area contributed by atoms with E-state index in [4.69, 9.17) is 11.6 Å². The summed E-state index contributed by atoms with van der Waals surface area (Å²) in [5, 5.41) is 2.56. The first-order valence-electron chi connectivity index (χ1n) is 4.06. The highest BCUT2D eigenvalue weighted by Crippen LogP contribution is 2.10. The lowest BCUT2D eigenvalue weighted by molar-refractivity contribution is 0.0960. The van der Waals surface area contributed by atoms with Gasteiger partial charge in [-0.3, -0.25) is 4.79 Å². The van der Waals surface area contributed by atoms with Gasteiger partial charge in [-0.25, -0.2) is 0 Å². The lowest BCUT2D eigenvalue weighted by Gasteiger charge is -2.05. The first-order valence-corrected chi connectivity index (χ1v) is 4.60. The van der Waals surface area contributed by atoms with Crippen molar-refractivity contribution in [1.29, 1.82) is 0 Å². The van der Waals surface area contributed by atoms with Gasteiger partial charge in [0.25, 0.3) is 5.91 Å². The molecule has 0 unspecified atom stereocenters. The smallest absolute Gasteiger partial charge is 0.252 e. The molecule has 0 saturated carbocycles. The molecule has 3 heteroatoms. The third kappa shape index (κ3) is 2.46. The molecule has 0 aromatic heterocycles. The molecule has 1 aromatic rings. The number of benzene rings is 1. The molecule has 0 bridgehead atoms. The molecule has 0 aliphatic rings. The van der Waals surface area contributed by atoms with Gasteiger partial charge in [-0.2, -0.15) is 0 Å². The Morgan fingerprint density at radius 2 is 2.15 bits per heavy atom. The quantitative estimate of drug-likeness (QED) is 0.572. The zero-order chi connectivity index (χ0) is 9.84. The minimum atomic E-state index is -0.115. The van der Waals surface area contributed by atoms with Crippen molar-refractivity contribution in [2.45, 2.75) is 13.8 Å². The first kappa shape index (κ1) is 10.1. The number of rotatable bonds is 2. The Balaban J connectivity index is 2.99. The Hall–Kier alpha value is -1.02. The maximum Gasteiger partial charge on any atom is 0.252 e. The molecule has 0 radical (unpaired) electrons. The van der Waals surface area contributed by atoms with Gasteiger partial charge in [0.05, 0.1) is 6.00 Å². The van der Waals surface area contributed by atoms with Crippen molar-refractivity contribution in [1.82, 2.24) is 5.32 Å². The molecule has 1 N–H and O–H groups in total. The Bertz CT molecular complexity index is 323. The van der Waals surface area contributed by atoms with Crippen molar-refractivity contribution in [3.8, 4) is 0 Å².